The minimum absolute atomic E-state index is 0.0161. The number of ether oxygens (including phenoxy) is 2. The van der Waals surface area contributed by atoms with Crippen molar-refractivity contribution in [1.29, 1.82) is 0 Å². The first kappa shape index (κ1) is 22.4. The molecule has 0 aliphatic carbocycles. The quantitative estimate of drug-likeness (QED) is 0.575. The van der Waals surface area contributed by atoms with Crippen LogP contribution in [0.2, 0.25) is 0 Å². The van der Waals surface area contributed by atoms with Crippen molar-refractivity contribution in [3.63, 3.8) is 0 Å². The summed E-state index contributed by atoms with van der Waals surface area (Å²) in [5, 5.41) is 7.65. The highest BCUT2D eigenvalue weighted by Gasteiger charge is 2.18. The fourth-order valence-electron chi connectivity index (χ4n) is 2.53. The summed E-state index contributed by atoms with van der Waals surface area (Å²) in [6.07, 6.45) is 0. The van der Waals surface area contributed by atoms with Crippen LogP contribution >= 0.6 is 11.3 Å². The van der Waals surface area contributed by atoms with E-state index < -0.39 is 5.97 Å². The van der Waals surface area contributed by atoms with E-state index in [-0.39, 0.29) is 31.5 Å². The minimum Gasteiger partial charge on any atom is -0.497 e. The van der Waals surface area contributed by atoms with Crippen LogP contribution in [0.3, 0.4) is 0 Å². The Balaban J connectivity index is 1.90. The fourth-order valence-corrected chi connectivity index (χ4v) is 3.32. The van der Waals surface area contributed by atoms with Gasteiger partial charge in [-0.15, -0.1) is 11.3 Å². The monoisotopic (exact) mass is 419 g/mol. The molecule has 2 rings (SSSR count). The van der Waals surface area contributed by atoms with Crippen LogP contribution in [0.25, 0.3) is 0 Å². The van der Waals surface area contributed by atoms with Crippen molar-refractivity contribution in [3.8, 4) is 5.75 Å². The Morgan fingerprint density at radius 2 is 1.79 bits per heavy atom. The van der Waals surface area contributed by atoms with Gasteiger partial charge in [-0.25, -0.2) is 4.79 Å². The molecular weight excluding hydrogens is 394 g/mol. The fraction of sp³-hybridized carbons (Fsp3) is 0.350. The largest absolute Gasteiger partial charge is 0.497 e. The summed E-state index contributed by atoms with van der Waals surface area (Å²) in [5.74, 6) is -0.387. The van der Waals surface area contributed by atoms with E-state index in [1.54, 1.807) is 54.6 Å². The van der Waals surface area contributed by atoms with Crippen molar-refractivity contribution in [1.82, 2.24) is 4.90 Å². The molecule has 156 valence electrons. The van der Waals surface area contributed by atoms with E-state index in [2.05, 4.69) is 10.6 Å². The maximum atomic E-state index is 12.4. The van der Waals surface area contributed by atoms with Gasteiger partial charge in [-0.1, -0.05) is 13.0 Å². The van der Waals surface area contributed by atoms with Gasteiger partial charge in [0.2, 0.25) is 11.8 Å². The van der Waals surface area contributed by atoms with E-state index in [9.17, 15) is 14.4 Å². The molecular formula is C20H25N3O5S. The molecule has 0 aliphatic heterocycles. The van der Waals surface area contributed by atoms with Crippen LogP contribution in [-0.2, 0) is 14.3 Å². The van der Waals surface area contributed by atoms with Crippen LogP contribution in [0, 0.1) is 0 Å². The number of likely N-dealkylation sites (N-methyl/N-ethyl adjacent to an activating group) is 1. The Hall–Kier alpha value is -2.91. The number of carbonyl (C=O) groups is 3. The average molecular weight is 420 g/mol. The third-order valence-corrected chi connectivity index (χ3v) is 4.78. The molecule has 0 spiro atoms. The van der Waals surface area contributed by atoms with E-state index in [1.807, 2.05) is 6.92 Å². The van der Waals surface area contributed by atoms with Crippen LogP contribution < -0.4 is 15.4 Å². The molecule has 0 aliphatic rings. The van der Waals surface area contributed by atoms with Crippen molar-refractivity contribution in [2.24, 2.45) is 0 Å². The first-order valence-electron chi connectivity index (χ1n) is 9.17. The number of rotatable bonds is 10. The summed E-state index contributed by atoms with van der Waals surface area (Å²) in [6, 6.07) is 8.65. The molecule has 1 aromatic carbocycles. The maximum Gasteiger partial charge on any atom is 0.341 e. The lowest BCUT2D eigenvalue weighted by atomic mass is 10.3. The van der Waals surface area contributed by atoms with Gasteiger partial charge in [0.1, 0.15) is 10.8 Å². The summed E-state index contributed by atoms with van der Waals surface area (Å²) in [6.45, 7) is 4.42. The summed E-state index contributed by atoms with van der Waals surface area (Å²) in [4.78, 5) is 38.3. The van der Waals surface area contributed by atoms with Crippen LogP contribution in [0.15, 0.2) is 35.7 Å². The Morgan fingerprint density at radius 3 is 2.45 bits per heavy atom. The van der Waals surface area contributed by atoms with Crippen molar-refractivity contribution >= 4 is 39.8 Å². The Morgan fingerprint density at radius 1 is 1.07 bits per heavy atom. The second-order valence-corrected chi connectivity index (χ2v) is 6.93. The predicted molar refractivity (Wildman–Crippen MR) is 113 cm³/mol. The topological polar surface area (TPSA) is 97.0 Å². The zero-order valence-corrected chi connectivity index (χ0v) is 17.5. The molecule has 0 saturated carbocycles. The zero-order chi connectivity index (χ0) is 21.2. The lowest BCUT2D eigenvalue weighted by Crippen LogP contribution is -2.38. The number of nitrogens with one attached hydrogen (secondary N) is 2. The molecule has 2 amide bonds. The van der Waals surface area contributed by atoms with Gasteiger partial charge in [0.25, 0.3) is 0 Å². The minimum atomic E-state index is -0.478. The maximum absolute atomic E-state index is 12.4. The molecule has 0 bridgehead atoms. The smallest absolute Gasteiger partial charge is 0.341 e. The highest BCUT2D eigenvalue weighted by Crippen LogP contribution is 2.24. The number of benzene rings is 1. The summed E-state index contributed by atoms with van der Waals surface area (Å²) in [7, 11) is 1.55. The van der Waals surface area contributed by atoms with Crippen molar-refractivity contribution < 1.29 is 23.9 Å². The molecule has 0 radical (unpaired) electrons. The lowest BCUT2D eigenvalue weighted by molar-refractivity contribution is -0.119. The van der Waals surface area contributed by atoms with Gasteiger partial charge >= 0.3 is 5.97 Å². The number of thiophene rings is 1. The highest BCUT2D eigenvalue weighted by molar-refractivity contribution is 7.14. The number of hydrogen-bond donors (Lipinski definition) is 2. The van der Waals surface area contributed by atoms with Crippen LogP contribution in [-0.4, -0.2) is 56.0 Å². The second kappa shape index (κ2) is 11.2. The average Bonchev–Trinajstić information content (AvgIpc) is 3.15. The Bertz CT molecular complexity index is 852. The van der Waals surface area contributed by atoms with Gasteiger partial charge in [-0.3, -0.25) is 14.5 Å². The Kier molecular flexibility index (Phi) is 8.63. The summed E-state index contributed by atoms with van der Waals surface area (Å²) in [5.41, 5.74) is 0.941. The molecule has 8 nitrogen and oxygen atoms in total. The lowest BCUT2D eigenvalue weighted by Gasteiger charge is -2.19. The second-order valence-electron chi connectivity index (χ2n) is 6.02. The third kappa shape index (κ3) is 6.88. The number of esters is 1. The predicted octanol–water partition coefficient (Wildman–Crippen LogP) is 2.83. The van der Waals surface area contributed by atoms with Gasteiger partial charge in [0.15, 0.2) is 0 Å². The molecule has 0 unspecified atom stereocenters. The van der Waals surface area contributed by atoms with Crippen LogP contribution in [0.1, 0.15) is 24.2 Å². The highest BCUT2D eigenvalue weighted by atomic mass is 32.1. The number of amides is 2. The Labute approximate surface area is 173 Å². The first-order valence-corrected chi connectivity index (χ1v) is 10.1. The van der Waals surface area contributed by atoms with Gasteiger partial charge in [0.05, 0.1) is 32.4 Å². The molecule has 0 saturated heterocycles. The molecule has 1 aromatic heterocycles. The van der Waals surface area contributed by atoms with E-state index >= 15 is 0 Å². The van der Waals surface area contributed by atoms with E-state index in [4.69, 9.17) is 9.47 Å². The van der Waals surface area contributed by atoms with Gasteiger partial charge in [-0.05, 0) is 37.0 Å². The van der Waals surface area contributed by atoms with Gasteiger partial charge in [0, 0.05) is 11.8 Å². The summed E-state index contributed by atoms with van der Waals surface area (Å²) < 4.78 is 10.1. The molecule has 9 heteroatoms. The van der Waals surface area contributed by atoms with Crippen molar-refractivity contribution in [3.05, 3.63) is 41.3 Å². The normalized spacial score (nSPS) is 10.5. The van der Waals surface area contributed by atoms with Crippen LogP contribution in [0.4, 0.5) is 10.7 Å². The number of methoxy groups -OCH3 is 1. The zero-order valence-electron chi connectivity index (χ0n) is 16.7. The van der Waals surface area contributed by atoms with Gasteiger partial charge in [-0.2, -0.15) is 0 Å². The molecule has 2 N–H and O–H groups in total. The molecule has 0 atom stereocenters. The van der Waals surface area contributed by atoms with Gasteiger partial charge < -0.3 is 20.1 Å². The molecule has 0 fully saturated rings. The van der Waals surface area contributed by atoms with E-state index in [1.165, 1.54) is 11.3 Å². The molecule has 2 aromatic rings. The molecule has 1 heterocycles. The number of nitrogens with zero attached hydrogens (tertiary/aromatic N) is 1. The first-order chi connectivity index (χ1) is 14.0. The number of hydrogen-bond acceptors (Lipinski definition) is 7. The summed E-state index contributed by atoms with van der Waals surface area (Å²) >= 11 is 1.24. The number of anilines is 2. The molecule has 29 heavy (non-hydrogen) atoms. The standard InChI is InChI=1S/C20H25N3O5S/c1-4-23(12-17(24)21-14-7-6-8-15(11-14)27-3)13-18(25)22-19-16(9-10-29-19)20(26)28-5-2/h6-11H,4-5,12-13H2,1-3H3,(H,21,24)(H,22,25). The SMILES string of the molecule is CCOC(=O)c1ccsc1NC(=O)CN(CC)CC(=O)Nc1cccc(OC)c1. The number of carbonyl (C=O) groups excluding carboxylic acids is 3. The van der Waals surface area contributed by atoms with Crippen LogP contribution in [0.5, 0.6) is 5.75 Å². The third-order valence-electron chi connectivity index (χ3n) is 3.95. The van der Waals surface area contributed by atoms with Crippen molar-refractivity contribution in [2.75, 3.05) is 44.0 Å². The van der Waals surface area contributed by atoms with Crippen molar-refractivity contribution in [2.45, 2.75) is 13.8 Å². The van der Waals surface area contributed by atoms with E-state index in [0.717, 1.165) is 0 Å². The van der Waals surface area contributed by atoms with E-state index in [0.29, 0.717) is 28.5 Å².